The van der Waals surface area contributed by atoms with E-state index in [0.29, 0.717) is 24.6 Å². The van der Waals surface area contributed by atoms with Crippen molar-refractivity contribution in [3.05, 3.63) is 39.9 Å². The lowest BCUT2D eigenvalue weighted by atomic mass is 9.98. The maximum Gasteiger partial charge on any atom is 0.270 e. The lowest BCUT2D eigenvalue weighted by molar-refractivity contribution is -0.384. The molecule has 0 bridgehead atoms. The summed E-state index contributed by atoms with van der Waals surface area (Å²) in [6, 6.07) is 5.92. The Hall–Kier alpha value is -1.79. The van der Waals surface area contributed by atoms with E-state index in [1.54, 1.807) is 19.2 Å². The number of methoxy groups -OCH3 is 1. The third-order valence-corrected chi connectivity index (χ3v) is 3.75. The molecule has 1 saturated heterocycles. The van der Waals surface area contributed by atoms with Crippen LogP contribution >= 0.6 is 0 Å². The molecule has 1 atom stereocenters. The highest BCUT2D eigenvalue weighted by Gasteiger charge is 2.22. The SMILES string of the molecule is COCC1CCCN(CC(=O)c2cccc([N+](=O)[O-])c2)C1. The number of hydrogen-bond donors (Lipinski definition) is 0. The molecule has 21 heavy (non-hydrogen) atoms. The number of Topliss-reactive ketones (excluding diaryl/α,β-unsaturated/α-hetero) is 1. The molecule has 6 nitrogen and oxygen atoms in total. The van der Waals surface area contributed by atoms with Crippen LogP contribution in [0.4, 0.5) is 5.69 Å². The first-order valence-electron chi connectivity index (χ1n) is 7.09. The first-order chi connectivity index (χ1) is 10.1. The molecular formula is C15H20N2O4. The summed E-state index contributed by atoms with van der Waals surface area (Å²) in [5.41, 5.74) is 0.356. The predicted octanol–water partition coefficient (Wildman–Crippen LogP) is 2.14. The van der Waals surface area contributed by atoms with E-state index in [1.165, 1.54) is 12.1 Å². The lowest BCUT2D eigenvalue weighted by Crippen LogP contribution is -2.40. The minimum absolute atomic E-state index is 0.0447. The molecule has 0 saturated carbocycles. The molecule has 1 aromatic carbocycles. The van der Waals surface area contributed by atoms with E-state index in [1.807, 2.05) is 0 Å². The van der Waals surface area contributed by atoms with Gasteiger partial charge >= 0.3 is 0 Å². The number of piperidine rings is 1. The van der Waals surface area contributed by atoms with Gasteiger partial charge in [-0.05, 0) is 25.3 Å². The molecule has 0 radical (unpaired) electrons. The summed E-state index contributed by atoms with van der Waals surface area (Å²) in [5, 5.41) is 10.8. The largest absolute Gasteiger partial charge is 0.384 e. The Balaban J connectivity index is 1.97. The standard InChI is InChI=1S/C15H20N2O4/c1-21-11-12-4-3-7-16(9-12)10-15(18)13-5-2-6-14(8-13)17(19)20/h2,5-6,8,12H,3-4,7,9-11H2,1H3. The van der Waals surface area contributed by atoms with Crippen LogP contribution in [0.5, 0.6) is 0 Å². The van der Waals surface area contributed by atoms with E-state index in [4.69, 9.17) is 4.74 Å². The van der Waals surface area contributed by atoms with Gasteiger partial charge in [0.15, 0.2) is 5.78 Å². The van der Waals surface area contributed by atoms with Crippen LogP contribution in [0.15, 0.2) is 24.3 Å². The molecule has 1 aliphatic rings. The number of carbonyl (C=O) groups excluding carboxylic acids is 1. The van der Waals surface area contributed by atoms with Gasteiger partial charge < -0.3 is 4.74 Å². The van der Waals surface area contributed by atoms with Crippen molar-refractivity contribution in [2.75, 3.05) is 33.4 Å². The molecule has 2 rings (SSSR count). The number of benzene rings is 1. The molecule has 1 heterocycles. The van der Waals surface area contributed by atoms with Gasteiger partial charge in [0, 0.05) is 31.4 Å². The number of carbonyl (C=O) groups is 1. The molecule has 114 valence electrons. The van der Waals surface area contributed by atoms with Crippen LogP contribution < -0.4 is 0 Å². The molecular weight excluding hydrogens is 272 g/mol. The van der Waals surface area contributed by atoms with E-state index in [9.17, 15) is 14.9 Å². The van der Waals surface area contributed by atoms with Gasteiger partial charge in [-0.15, -0.1) is 0 Å². The maximum atomic E-state index is 12.3. The van der Waals surface area contributed by atoms with Crippen molar-refractivity contribution in [2.24, 2.45) is 5.92 Å². The Morgan fingerprint density at radius 2 is 2.33 bits per heavy atom. The van der Waals surface area contributed by atoms with Gasteiger partial charge in [0.2, 0.25) is 0 Å². The Labute approximate surface area is 123 Å². The van der Waals surface area contributed by atoms with Crippen molar-refractivity contribution in [1.29, 1.82) is 0 Å². The highest BCUT2D eigenvalue weighted by atomic mass is 16.6. The van der Waals surface area contributed by atoms with E-state index >= 15 is 0 Å². The molecule has 0 spiro atoms. The summed E-state index contributed by atoms with van der Waals surface area (Å²) in [5.74, 6) is 0.387. The number of nitro benzene ring substituents is 1. The van der Waals surface area contributed by atoms with Crippen molar-refractivity contribution >= 4 is 11.5 Å². The maximum absolute atomic E-state index is 12.3. The number of ketones is 1. The summed E-state index contributed by atoms with van der Waals surface area (Å²) in [6.45, 7) is 2.75. The van der Waals surface area contributed by atoms with Gasteiger partial charge in [0.1, 0.15) is 0 Å². The zero-order valence-electron chi connectivity index (χ0n) is 12.2. The second kappa shape index (κ2) is 7.28. The topological polar surface area (TPSA) is 72.7 Å². The highest BCUT2D eigenvalue weighted by molar-refractivity contribution is 5.98. The van der Waals surface area contributed by atoms with E-state index in [-0.39, 0.29) is 11.5 Å². The molecule has 1 fully saturated rings. The summed E-state index contributed by atoms with van der Waals surface area (Å²) in [7, 11) is 1.69. The fourth-order valence-electron chi connectivity index (χ4n) is 2.75. The second-order valence-corrected chi connectivity index (χ2v) is 5.43. The third kappa shape index (κ3) is 4.34. The quantitative estimate of drug-likeness (QED) is 0.456. The number of hydrogen-bond acceptors (Lipinski definition) is 5. The zero-order valence-corrected chi connectivity index (χ0v) is 12.2. The molecule has 1 aromatic rings. The summed E-state index contributed by atoms with van der Waals surface area (Å²) >= 11 is 0. The number of ether oxygens (including phenoxy) is 1. The molecule has 0 aromatic heterocycles. The molecule has 0 amide bonds. The van der Waals surface area contributed by atoms with Crippen LogP contribution in [0.25, 0.3) is 0 Å². The Morgan fingerprint density at radius 3 is 3.05 bits per heavy atom. The van der Waals surface area contributed by atoms with Crippen LogP contribution in [0.1, 0.15) is 23.2 Å². The second-order valence-electron chi connectivity index (χ2n) is 5.43. The van der Waals surface area contributed by atoms with Crippen molar-refractivity contribution in [2.45, 2.75) is 12.8 Å². The number of rotatable bonds is 6. The minimum atomic E-state index is -0.480. The first-order valence-corrected chi connectivity index (χ1v) is 7.09. The monoisotopic (exact) mass is 292 g/mol. The van der Waals surface area contributed by atoms with Gasteiger partial charge in [-0.3, -0.25) is 19.8 Å². The lowest BCUT2D eigenvalue weighted by Gasteiger charge is -2.31. The van der Waals surface area contributed by atoms with Crippen LogP contribution in [-0.2, 0) is 4.74 Å². The highest BCUT2D eigenvalue weighted by Crippen LogP contribution is 2.18. The average molecular weight is 292 g/mol. The zero-order chi connectivity index (χ0) is 15.2. The smallest absolute Gasteiger partial charge is 0.270 e. The van der Waals surface area contributed by atoms with E-state index in [2.05, 4.69) is 4.90 Å². The number of likely N-dealkylation sites (tertiary alicyclic amines) is 1. The summed E-state index contributed by atoms with van der Waals surface area (Å²) in [4.78, 5) is 24.6. The van der Waals surface area contributed by atoms with Crippen molar-refractivity contribution in [3.63, 3.8) is 0 Å². The molecule has 1 unspecified atom stereocenters. The predicted molar refractivity (Wildman–Crippen MR) is 78.5 cm³/mol. The molecule has 0 N–H and O–H groups in total. The summed E-state index contributed by atoms with van der Waals surface area (Å²) < 4.78 is 5.17. The van der Waals surface area contributed by atoms with Crippen LogP contribution in [-0.4, -0.2) is 49.0 Å². The van der Waals surface area contributed by atoms with Crippen LogP contribution in [0, 0.1) is 16.0 Å². The van der Waals surface area contributed by atoms with E-state index in [0.717, 1.165) is 25.9 Å². The van der Waals surface area contributed by atoms with Crippen LogP contribution in [0.3, 0.4) is 0 Å². The number of nitro groups is 1. The number of nitrogens with zero attached hydrogens (tertiary/aromatic N) is 2. The van der Waals surface area contributed by atoms with E-state index < -0.39 is 4.92 Å². The van der Waals surface area contributed by atoms with Crippen molar-refractivity contribution in [1.82, 2.24) is 4.90 Å². The minimum Gasteiger partial charge on any atom is -0.384 e. The van der Waals surface area contributed by atoms with Gasteiger partial charge in [-0.25, -0.2) is 0 Å². The fourth-order valence-corrected chi connectivity index (χ4v) is 2.75. The van der Waals surface area contributed by atoms with Gasteiger partial charge in [-0.1, -0.05) is 12.1 Å². The number of non-ortho nitro benzene ring substituents is 1. The Kier molecular flexibility index (Phi) is 5.41. The van der Waals surface area contributed by atoms with Crippen molar-refractivity contribution in [3.8, 4) is 0 Å². The normalized spacial score (nSPS) is 19.4. The van der Waals surface area contributed by atoms with Gasteiger partial charge in [0.05, 0.1) is 18.1 Å². The Morgan fingerprint density at radius 1 is 1.52 bits per heavy atom. The Bertz CT molecular complexity index is 516. The first kappa shape index (κ1) is 15.6. The van der Waals surface area contributed by atoms with Crippen LogP contribution in [0.2, 0.25) is 0 Å². The average Bonchev–Trinajstić information content (AvgIpc) is 2.48. The molecule has 6 heteroatoms. The summed E-state index contributed by atoms with van der Waals surface area (Å²) in [6.07, 6.45) is 2.17. The fraction of sp³-hybridized carbons (Fsp3) is 0.533. The molecule has 1 aliphatic heterocycles. The third-order valence-electron chi connectivity index (χ3n) is 3.75. The van der Waals surface area contributed by atoms with Gasteiger partial charge in [0.25, 0.3) is 5.69 Å². The molecule has 0 aliphatic carbocycles. The van der Waals surface area contributed by atoms with Crippen molar-refractivity contribution < 1.29 is 14.5 Å². The van der Waals surface area contributed by atoms with Gasteiger partial charge in [-0.2, -0.15) is 0 Å².